The fraction of sp³-hybridized carbons (Fsp3) is 0.476. The van der Waals surface area contributed by atoms with E-state index in [9.17, 15) is 9.59 Å². The van der Waals surface area contributed by atoms with Crippen LogP contribution in [0.1, 0.15) is 46.6 Å². The van der Waals surface area contributed by atoms with E-state index in [1.54, 1.807) is 18.2 Å². The zero-order valence-corrected chi connectivity index (χ0v) is 16.2. The molecular formula is C21H24N2O5. The maximum absolute atomic E-state index is 12.9. The first-order valence-corrected chi connectivity index (χ1v) is 9.66. The summed E-state index contributed by atoms with van der Waals surface area (Å²) in [7, 11) is 0. The number of hydrogen-bond donors (Lipinski definition) is 0. The number of ether oxygens (including phenoxy) is 2. The van der Waals surface area contributed by atoms with Crippen LogP contribution in [0, 0.1) is 19.8 Å². The van der Waals surface area contributed by atoms with Gasteiger partial charge in [-0.1, -0.05) is 5.16 Å². The lowest BCUT2D eigenvalue weighted by molar-refractivity contribution is -0.132. The largest absolute Gasteiger partial charge is 0.454 e. The van der Waals surface area contributed by atoms with Crippen molar-refractivity contribution < 1.29 is 23.6 Å². The molecule has 3 heterocycles. The van der Waals surface area contributed by atoms with Crippen molar-refractivity contribution in [2.75, 3.05) is 19.9 Å². The Bertz CT molecular complexity index is 885. The Morgan fingerprint density at radius 2 is 2.04 bits per heavy atom. The van der Waals surface area contributed by atoms with Crippen molar-refractivity contribution in [2.45, 2.75) is 39.5 Å². The molecule has 4 rings (SSSR count). The number of likely N-dealkylation sites (tertiary alicyclic amines) is 1. The van der Waals surface area contributed by atoms with Gasteiger partial charge in [-0.3, -0.25) is 9.59 Å². The molecule has 1 aromatic heterocycles. The molecular weight excluding hydrogens is 360 g/mol. The van der Waals surface area contributed by atoms with Gasteiger partial charge in [0, 0.05) is 36.6 Å². The van der Waals surface area contributed by atoms with Crippen molar-refractivity contribution in [3.8, 4) is 11.5 Å². The van der Waals surface area contributed by atoms with E-state index in [0.717, 1.165) is 29.9 Å². The molecule has 2 aliphatic heterocycles. The lowest BCUT2D eigenvalue weighted by Crippen LogP contribution is -2.42. The molecule has 1 saturated heterocycles. The number of Topliss-reactive ketones (excluding diaryl/α,β-unsaturated/α-hetero) is 1. The Morgan fingerprint density at radius 3 is 2.82 bits per heavy atom. The molecule has 1 aromatic carbocycles. The molecule has 2 aromatic rings. The smallest absolute Gasteiger partial charge is 0.231 e. The summed E-state index contributed by atoms with van der Waals surface area (Å²) in [5.74, 6) is 1.98. The SMILES string of the molecule is Cc1noc(C)c1CCC(=O)N1CCC[C@H](C(=O)c2ccc3c(c2)OCO3)C1. The van der Waals surface area contributed by atoms with Gasteiger partial charge in [0.25, 0.3) is 0 Å². The minimum atomic E-state index is -0.183. The van der Waals surface area contributed by atoms with E-state index < -0.39 is 0 Å². The van der Waals surface area contributed by atoms with E-state index in [1.807, 2.05) is 18.7 Å². The van der Waals surface area contributed by atoms with Crippen LogP contribution in [0.3, 0.4) is 0 Å². The third-order valence-electron chi connectivity index (χ3n) is 5.57. The molecule has 7 nitrogen and oxygen atoms in total. The number of aromatic nitrogens is 1. The number of fused-ring (bicyclic) bond motifs is 1. The van der Waals surface area contributed by atoms with Gasteiger partial charge in [-0.15, -0.1) is 0 Å². The fourth-order valence-corrected chi connectivity index (χ4v) is 3.95. The number of piperidine rings is 1. The lowest BCUT2D eigenvalue weighted by atomic mass is 9.89. The average molecular weight is 384 g/mol. The second-order valence-electron chi connectivity index (χ2n) is 7.41. The summed E-state index contributed by atoms with van der Waals surface area (Å²) in [5.41, 5.74) is 2.44. The first-order chi connectivity index (χ1) is 13.5. The van der Waals surface area contributed by atoms with E-state index in [0.29, 0.717) is 43.0 Å². The minimum Gasteiger partial charge on any atom is -0.454 e. The highest BCUT2D eigenvalue weighted by atomic mass is 16.7. The maximum atomic E-state index is 12.9. The van der Waals surface area contributed by atoms with Crippen LogP contribution in [-0.2, 0) is 11.2 Å². The molecule has 1 atom stereocenters. The summed E-state index contributed by atoms with van der Waals surface area (Å²) >= 11 is 0. The Kier molecular flexibility index (Phi) is 5.07. The van der Waals surface area contributed by atoms with Gasteiger partial charge in [-0.2, -0.15) is 0 Å². The number of carbonyl (C=O) groups is 2. The van der Waals surface area contributed by atoms with Gasteiger partial charge in [0.1, 0.15) is 5.76 Å². The molecule has 0 aliphatic carbocycles. The van der Waals surface area contributed by atoms with E-state index in [1.165, 1.54) is 0 Å². The highest BCUT2D eigenvalue weighted by Crippen LogP contribution is 2.34. The van der Waals surface area contributed by atoms with Crippen molar-refractivity contribution in [3.05, 3.63) is 40.8 Å². The molecule has 7 heteroatoms. The van der Waals surface area contributed by atoms with Gasteiger partial charge in [0.05, 0.1) is 5.69 Å². The number of nitrogens with zero attached hydrogens (tertiary/aromatic N) is 2. The predicted molar refractivity (Wildman–Crippen MR) is 100 cm³/mol. The van der Waals surface area contributed by atoms with Crippen molar-refractivity contribution in [1.29, 1.82) is 0 Å². The molecule has 1 fully saturated rings. The zero-order valence-electron chi connectivity index (χ0n) is 16.2. The number of rotatable bonds is 5. The van der Waals surface area contributed by atoms with Crippen molar-refractivity contribution >= 4 is 11.7 Å². The van der Waals surface area contributed by atoms with Crippen LogP contribution in [0.4, 0.5) is 0 Å². The van der Waals surface area contributed by atoms with Gasteiger partial charge < -0.3 is 18.9 Å². The van der Waals surface area contributed by atoms with Gasteiger partial charge in [-0.05, 0) is 51.3 Å². The normalized spacial score (nSPS) is 18.4. The predicted octanol–water partition coefficient (Wildman–Crippen LogP) is 3.07. The second kappa shape index (κ2) is 7.66. The molecule has 0 bridgehead atoms. The van der Waals surface area contributed by atoms with Crippen LogP contribution < -0.4 is 9.47 Å². The molecule has 1 amide bonds. The Balaban J connectivity index is 1.38. The van der Waals surface area contributed by atoms with E-state index in [2.05, 4.69) is 5.16 Å². The number of carbonyl (C=O) groups excluding carboxylic acids is 2. The van der Waals surface area contributed by atoms with Crippen LogP contribution >= 0.6 is 0 Å². The number of amides is 1. The second-order valence-corrected chi connectivity index (χ2v) is 7.41. The summed E-state index contributed by atoms with van der Waals surface area (Å²) in [6.07, 6.45) is 2.63. The molecule has 0 N–H and O–H groups in total. The topological polar surface area (TPSA) is 81.9 Å². The van der Waals surface area contributed by atoms with Crippen LogP contribution in [0.2, 0.25) is 0 Å². The summed E-state index contributed by atoms with van der Waals surface area (Å²) in [4.78, 5) is 27.5. The first kappa shape index (κ1) is 18.5. The summed E-state index contributed by atoms with van der Waals surface area (Å²) in [6, 6.07) is 5.28. The summed E-state index contributed by atoms with van der Waals surface area (Å²) in [5, 5.41) is 3.94. The molecule has 0 saturated carbocycles. The minimum absolute atomic E-state index is 0.0570. The standard InChI is InChI=1S/C21H24N2O5/c1-13-17(14(2)28-22-13)6-8-20(24)23-9-3-4-16(11-23)21(25)15-5-7-18-19(10-15)27-12-26-18/h5,7,10,16H,3-4,6,8-9,11-12H2,1-2H3/t16-/m0/s1. The van der Waals surface area contributed by atoms with Crippen LogP contribution in [0.25, 0.3) is 0 Å². The van der Waals surface area contributed by atoms with Gasteiger partial charge >= 0.3 is 0 Å². The molecule has 148 valence electrons. The molecule has 28 heavy (non-hydrogen) atoms. The van der Waals surface area contributed by atoms with Gasteiger partial charge in [-0.25, -0.2) is 0 Å². The van der Waals surface area contributed by atoms with Crippen LogP contribution in [-0.4, -0.2) is 41.6 Å². The Hall–Kier alpha value is -2.83. The van der Waals surface area contributed by atoms with Crippen LogP contribution in [0.15, 0.2) is 22.7 Å². The van der Waals surface area contributed by atoms with E-state index in [-0.39, 0.29) is 24.4 Å². The third-order valence-corrected chi connectivity index (χ3v) is 5.57. The highest BCUT2D eigenvalue weighted by molar-refractivity contribution is 5.99. The number of benzene rings is 1. The Morgan fingerprint density at radius 1 is 1.21 bits per heavy atom. The van der Waals surface area contributed by atoms with Gasteiger partial charge in [0.15, 0.2) is 17.3 Å². The Labute approximate surface area is 163 Å². The number of aryl methyl sites for hydroxylation is 2. The molecule has 2 aliphatic rings. The molecule has 0 unspecified atom stereocenters. The molecule has 0 spiro atoms. The summed E-state index contributed by atoms with van der Waals surface area (Å²) in [6.45, 7) is 5.10. The first-order valence-electron chi connectivity index (χ1n) is 9.66. The summed E-state index contributed by atoms with van der Waals surface area (Å²) < 4.78 is 15.8. The van der Waals surface area contributed by atoms with Gasteiger partial charge in [0.2, 0.25) is 12.7 Å². The van der Waals surface area contributed by atoms with Crippen molar-refractivity contribution in [1.82, 2.24) is 10.1 Å². The molecule has 0 radical (unpaired) electrons. The van der Waals surface area contributed by atoms with Crippen molar-refractivity contribution in [2.24, 2.45) is 5.92 Å². The fourth-order valence-electron chi connectivity index (χ4n) is 3.95. The lowest BCUT2D eigenvalue weighted by Gasteiger charge is -2.32. The van der Waals surface area contributed by atoms with Crippen molar-refractivity contribution in [3.63, 3.8) is 0 Å². The zero-order chi connectivity index (χ0) is 19.7. The third kappa shape index (κ3) is 3.61. The quantitative estimate of drug-likeness (QED) is 0.737. The maximum Gasteiger partial charge on any atom is 0.231 e. The monoisotopic (exact) mass is 384 g/mol. The average Bonchev–Trinajstić information content (AvgIpc) is 3.31. The van der Waals surface area contributed by atoms with E-state index in [4.69, 9.17) is 14.0 Å². The van der Waals surface area contributed by atoms with E-state index >= 15 is 0 Å². The number of hydrogen-bond acceptors (Lipinski definition) is 6. The number of ketones is 1. The van der Waals surface area contributed by atoms with Crippen LogP contribution in [0.5, 0.6) is 11.5 Å². The highest BCUT2D eigenvalue weighted by Gasteiger charge is 2.30.